The van der Waals surface area contributed by atoms with Gasteiger partial charge in [0, 0.05) is 12.2 Å². The van der Waals surface area contributed by atoms with Gasteiger partial charge in [0.05, 0.1) is 12.5 Å². The first-order valence-electron chi connectivity index (χ1n) is 10.6. The molecule has 4 amide bonds. The number of aromatic hydroxyl groups is 1. The number of phenols is 1. The molecular formula is C21H29N5O9S. The molecule has 14 nitrogen and oxygen atoms in total. The van der Waals surface area contributed by atoms with Crippen LogP contribution in [0.2, 0.25) is 0 Å². The average molecular weight is 528 g/mol. The Labute approximate surface area is 211 Å². The summed E-state index contributed by atoms with van der Waals surface area (Å²) in [5.41, 5.74) is 11.5. The lowest BCUT2D eigenvalue weighted by Crippen LogP contribution is -2.58. The third-order valence-electron chi connectivity index (χ3n) is 4.85. The van der Waals surface area contributed by atoms with Gasteiger partial charge < -0.3 is 42.7 Å². The maximum absolute atomic E-state index is 12.8. The SMILES string of the molecule is NC(=O)CCC(NC(=O)C(CC(=O)O)NC(=O)C(N)Cc1ccc(O)cc1)C(=O)NC(CS)C(=O)O. The van der Waals surface area contributed by atoms with E-state index in [-0.39, 0.29) is 30.8 Å². The Bertz CT molecular complexity index is 973. The van der Waals surface area contributed by atoms with Gasteiger partial charge in [-0.25, -0.2) is 4.79 Å². The van der Waals surface area contributed by atoms with E-state index in [9.17, 15) is 39.0 Å². The fourth-order valence-corrected chi connectivity index (χ4v) is 3.17. The highest BCUT2D eigenvalue weighted by atomic mass is 32.1. The molecule has 1 aromatic rings. The van der Waals surface area contributed by atoms with Gasteiger partial charge in [-0.1, -0.05) is 12.1 Å². The minimum atomic E-state index is -1.65. The maximum atomic E-state index is 12.8. The van der Waals surface area contributed by atoms with E-state index in [0.717, 1.165) is 0 Å². The van der Waals surface area contributed by atoms with Crippen molar-refractivity contribution in [3.8, 4) is 5.75 Å². The van der Waals surface area contributed by atoms with Gasteiger partial charge in [0.25, 0.3) is 0 Å². The van der Waals surface area contributed by atoms with E-state index in [2.05, 4.69) is 28.6 Å². The fourth-order valence-electron chi connectivity index (χ4n) is 2.93. The molecule has 198 valence electrons. The molecule has 15 heteroatoms. The molecule has 1 rings (SSSR count). The number of benzene rings is 1. The lowest BCUT2D eigenvalue weighted by molar-refractivity contribution is -0.143. The number of rotatable bonds is 15. The monoisotopic (exact) mass is 527 g/mol. The van der Waals surface area contributed by atoms with E-state index < -0.39 is 66.2 Å². The Hall–Kier alpha value is -3.85. The molecule has 36 heavy (non-hydrogen) atoms. The van der Waals surface area contributed by atoms with Crippen LogP contribution >= 0.6 is 12.6 Å². The first-order valence-corrected chi connectivity index (χ1v) is 11.3. The predicted molar refractivity (Wildman–Crippen MR) is 128 cm³/mol. The van der Waals surface area contributed by atoms with Crippen LogP contribution in [0, 0.1) is 0 Å². The van der Waals surface area contributed by atoms with Crippen LogP contribution in [0.25, 0.3) is 0 Å². The Morgan fingerprint density at radius 2 is 1.39 bits per heavy atom. The van der Waals surface area contributed by atoms with E-state index >= 15 is 0 Å². The molecule has 1 aromatic carbocycles. The molecule has 0 bridgehead atoms. The van der Waals surface area contributed by atoms with Crippen molar-refractivity contribution in [3.05, 3.63) is 29.8 Å². The number of carbonyl (C=O) groups excluding carboxylic acids is 4. The van der Waals surface area contributed by atoms with Crippen molar-refractivity contribution in [1.82, 2.24) is 16.0 Å². The van der Waals surface area contributed by atoms with Gasteiger partial charge in [-0.05, 0) is 30.5 Å². The minimum absolute atomic E-state index is 0.00828. The van der Waals surface area contributed by atoms with Crippen molar-refractivity contribution in [3.63, 3.8) is 0 Å². The molecule has 0 aliphatic rings. The van der Waals surface area contributed by atoms with Crippen LogP contribution in [-0.2, 0) is 35.2 Å². The van der Waals surface area contributed by atoms with Gasteiger partial charge in [0.1, 0.15) is 23.9 Å². The number of carbonyl (C=O) groups is 6. The Kier molecular flexibility index (Phi) is 12.2. The molecule has 0 aromatic heterocycles. The van der Waals surface area contributed by atoms with E-state index in [1.165, 1.54) is 24.3 Å². The van der Waals surface area contributed by atoms with Crippen LogP contribution in [0.5, 0.6) is 5.75 Å². The molecule has 4 atom stereocenters. The van der Waals surface area contributed by atoms with E-state index in [1.54, 1.807) is 0 Å². The van der Waals surface area contributed by atoms with Gasteiger partial charge in [0.15, 0.2) is 0 Å². The average Bonchev–Trinajstić information content (AvgIpc) is 2.80. The smallest absolute Gasteiger partial charge is 0.327 e. The van der Waals surface area contributed by atoms with E-state index in [1.807, 2.05) is 0 Å². The number of hydrogen-bond donors (Lipinski definition) is 9. The van der Waals surface area contributed by atoms with E-state index in [0.29, 0.717) is 5.56 Å². The van der Waals surface area contributed by atoms with Crippen LogP contribution in [0.4, 0.5) is 0 Å². The van der Waals surface area contributed by atoms with Gasteiger partial charge in [-0.2, -0.15) is 12.6 Å². The lowest BCUT2D eigenvalue weighted by Gasteiger charge is -2.24. The van der Waals surface area contributed by atoms with Crippen molar-refractivity contribution in [2.75, 3.05) is 5.75 Å². The third kappa shape index (κ3) is 10.6. The summed E-state index contributed by atoms with van der Waals surface area (Å²) in [4.78, 5) is 71.5. The second kappa shape index (κ2) is 14.5. The van der Waals surface area contributed by atoms with Crippen molar-refractivity contribution < 1.29 is 44.1 Å². The highest BCUT2D eigenvalue weighted by Gasteiger charge is 2.31. The molecule has 4 unspecified atom stereocenters. The summed E-state index contributed by atoms with van der Waals surface area (Å²) in [7, 11) is 0. The largest absolute Gasteiger partial charge is 0.508 e. The number of hydrogen-bond acceptors (Lipinski definition) is 9. The van der Waals surface area contributed by atoms with Crippen LogP contribution in [-0.4, -0.2) is 80.8 Å². The van der Waals surface area contributed by atoms with Crippen LogP contribution in [0.1, 0.15) is 24.8 Å². The molecule has 0 saturated heterocycles. The number of amides is 4. The van der Waals surface area contributed by atoms with Gasteiger partial charge in [-0.15, -0.1) is 0 Å². The Balaban J connectivity index is 2.97. The number of nitrogens with two attached hydrogens (primary N) is 2. The summed E-state index contributed by atoms with van der Waals surface area (Å²) in [5.74, 6) is -6.81. The van der Waals surface area contributed by atoms with Crippen LogP contribution < -0.4 is 27.4 Å². The zero-order valence-corrected chi connectivity index (χ0v) is 19.9. The summed E-state index contributed by atoms with van der Waals surface area (Å²) in [6, 6.07) is 0.138. The minimum Gasteiger partial charge on any atom is -0.508 e. The molecule has 0 aliphatic heterocycles. The topological polar surface area (TPSA) is 251 Å². The number of phenolic OH excluding ortho intramolecular Hbond substituents is 1. The Morgan fingerprint density at radius 1 is 0.861 bits per heavy atom. The number of carboxylic acids is 2. The number of nitrogens with one attached hydrogen (secondary N) is 3. The second-order valence-corrected chi connectivity index (χ2v) is 8.15. The maximum Gasteiger partial charge on any atom is 0.327 e. The van der Waals surface area contributed by atoms with E-state index in [4.69, 9.17) is 16.6 Å². The standard InChI is InChI=1S/C21H29N5O9S/c22-12(7-10-1-3-11(27)4-2-10)18(31)25-14(8-17(29)30)20(33)24-13(5-6-16(23)28)19(32)26-15(9-36)21(34)35/h1-4,12-15,27,36H,5-9,22H2,(H2,23,28)(H,24,33)(H,25,31)(H,26,32)(H,29,30)(H,34,35). The highest BCUT2D eigenvalue weighted by Crippen LogP contribution is 2.11. The molecule has 0 fully saturated rings. The van der Waals surface area contributed by atoms with Gasteiger partial charge >= 0.3 is 11.9 Å². The molecular weight excluding hydrogens is 498 g/mol. The fraction of sp³-hybridized carbons (Fsp3) is 0.429. The van der Waals surface area contributed by atoms with Crippen LogP contribution in [0.3, 0.4) is 0 Å². The number of carboxylic acid groups (broad SMARTS) is 2. The molecule has 0 aliphatic carbocycles. The van der Waals surface area contributed by atoms with Gasteiger partial charge in [-0.3, -0.25) is 24.0 Å². The molecule has 0 heterocycles. The van der Waals surface area contributed by atoms with Crippen molar-refractivity contribution in [2.45, 2.75) is 49.9 Å². The lowest BCUT2D eigenvalue weighted by atomic mass is 10.0. The number of aliphatic carboxylic acids is 2. The molecule has 0 spiro atoms. The summed E-state index contributed by atoms with van der Waals surface area (Å²) in [6.45, 7) is 0. The highest BCUT2D eigenvalue weighted by molar-refractivity contribution is 7.80. The van der Waals surface area contributed by atoms with Crippen molar-refractivity contribution in [2.24, 2.45) is 11.5 Å². The summed E-state index contributed by atoms with van der Waals surface area (Å²) in [6.07, 6.45) is -1.52. The van der Waals surface area contributed by atoms with Crippen molar-refractivity contribution >= 4 is 48.2 Å². The summed E-state index contributed by atoms with van der Waals surface area (Å²) >= 11 is 3.83. The Morgan fingerprint density at radius 3 is 1.89 bits per heavy atom. The third-order valence-corrected chi connectivity index (χ3v) is 5.22. The normalized spacial score (nSPS) is 13.9. The van der Waals surface area contributed by atoms with Gasteiger partial charge in [0.2, 0.25) is 23.6 Å². The molecule has 0 radical (unpaired) electrons. The van der Waals surface area contributed by atoms with Crippen molar-refractivity contribution in [1.29, 1.82) is 0 Å². The number of thiol groups is 1. The zero-order chi connectivity index (χ0) is 27.4. The molecule has 0 saturated carbocycles. The van der Waals surface area contributed by atoms with Crippen LogP contribution in [0.15, 0.2) is 24.3 Å². The first kappa shape index (κ1) is 30.2. The molecule has 10 N–H and O–H groups in total. The second-order valence-electron chi connectivity index (χ2n) is 7.78. The predicted octanol–water partition coefficient (Wildman–Crippen LogP) is -2.53. The summed E-state index contributed by atoms with van der Waals surface area (Å²) in [5, 5.41) is 34.2. The number of primary amides is 1. The zero-order valence-electron chi connectivity index (χ0n) is 19.0. The quantitative estimate of drug-likeness (QED) is 0.108. The summed E-state index contributed by atoms with van der Waals surface area (Å²) < 4.78 is 0. The first-order chi connectivity index (χ1) is 16.8.